The molecule has 4 rings (SSSR count). The SMILES string of the molecule is Clc1ccc(C2(Cn3cncn3)OCC(CSc3ccc(Br)cc3)O2)c(Cl)c1. The lowest BCUT2D eigenvalue weighted by atomic mass is 10.1. The molecule has 2 aromatic carbocycles. The average Bonchev–Trinajstić information content (AvgIpc) is 3.32. The zero-order chi connectivity index (χ0) is 19.6. The zero-order valence-corrected chi connectivity index (χ0v) is 18.5. The van der Waals surface area contributed by atoms with Crippen LogP contribution >= 0.6 is 50.9 Å². The van der Waals surface area contributed by atoms with E-state index in [1.165, 1.54) is 11.2 Å². The molecule has 0 bridgehead atoms. The van der Waals surface area contributed by atoms with Crippen molar-refractivity contribution in [3.05, 3.63) is 75.2 Å². The quantitative estimate of drug-likeness (QED) is 0.423. The van der Waals surface area contributed by atoms with E-state index in [1.54, 1.807) is 34.9 Å². The van der Waals surface area contributed by atoms with E-state index in [9.17, 15) is 0 Å². The van der Waals surface area contributed by atoms with Gasteiger partial charge in [-0.15, -0.1) is 11.8 Å². The molecule has 28 heavy (non-hydrogen) atoms. The maximum absolute atomic E-state index is 6.48. The Balaban J connectivity index is 1.54. The lowest BCUT2D eigenvalue weighted by Crippen LogP contribution is -2.34. The molecule has 146 valence electrons. The van der Waals surface area contributed by atoms with Crippen LogP contribution in [-0.4, -0.2) is 33.2 Å². The Hall–Kier alpha value is -1.09. The van der Waals surface area contributed by atoms with Crippen molar-refractivity contribution in [1.29, 1.82) is 0 Å². The maximum atomic E-state index is 6.48. The number of hydrogen-bond donors (Lipinski definition) is 0. The van der Waals surface area contributed by atoms with Crippen LogP contribution in [0.25, 0.3) is 0 Å². The monoisotopic (exact) mass is 499 g/mol. The van der Waals surface area contributed by atoms with Crippen LogP contribution in [0.5, 0.6) is 0 Å². The van der Waals surface area contributed by atoms with Crippen molar-refractivity contribution in [3.63, 3.8) is 0 Å². The first kappa shape index (κ1) is 20.2. The van der Waals surface area contributed by atoms with Gasteiger partial charge in [-0.1, -0.05) is 45.2 Å². The maximum Gasteiger partial charge on any atom is 0.217 e. The smallest absolute Gasteiger partial charge is 0.217 e. The second-order valence-corrected chi connectivity index (χ2v) is 9.14. The fourth-order valence-electron chi connectivity index (χ4n) is 3.00. The molecule has 9 heteroatoms. The van der Waals surface area contributed by atoms with Crippen molar-refractivity contribution in [3.8, 4) is 0 Å². The number of hydrogen-bond acceptors (Lipinski definition) is 5. The van der Waals surface area contributed by atoms with Gasteiger partial charge in [0.15, 0.2) is 0 Å². The van der Waals surface area contributed by atoms with E-state index in [4.69, 9.17) is 32.7 Å². The van der Waals surface area contributed by atoms with Crippen molar-refractivity contribution in [1.82, 2.24) is 14.8 Å². The zero-order valence-electron chi connectivity index (χ0n) is 14.6. The first-order chi connectivity index (χ1) is 13.5. The third kappa shape index (κ3) is 4.56. The van der Waals surface area contributed by atoms with Gasteiger partial charge in [0.05, 0.1) is 17.7 Å². The lowest BCUT2D eigenvalue weighted by molar-refractivity contribution is -0.186. The Kier molecular flexibility index (Phi) is 6.30. The third-order valence-electron chi connectivity index (χ3n) is 4.29. The van der Waals surface area contributed by atoms with Crippen molar-refractivity contribution >= 4 is 50.9 Å². The summed E-state index contributed by atoms with van der Waals surface area (Å²) in [6.45, 7) is 0.797. The molecular weight excluding hydrogens is 485 g/mol. The van der Waals surface area contributed by atoms with Crippen LogP contribution < -0.4 is 0 Å². The van der Waals surface area contributed by atoms with Crippen LogP contribution in [0, 0.1) is 0 Å². The van der Waals surface area contributed by atoms with Crippen molar-refractivity contribution in [2.24, 2.45) is 0 Å². The molecule has 3 aromatic rings. The van der Waals surface area contributed by atoms with E-state index in [0.717, 1.165) is 15.8 Å². The molecular formula is C19H16BrCl2N3O2S. The molecule has 0 amide bonds. The van der Waals surface area contributed by atoms with Crippen molar-refractivity contribution in [2.45, 2.75) is 23.3 Å². The van der Waals surface area contributed by atoms with E-state index in [-0.39, 0.29) is 6.10 Å². The molecule has 1 aliphatic rings. The minimum absolute atomic E-state index is 0.0936. The molecule has 5 nitrogen and oxygen atoms in total. The van der Waals surface area contributed by atoms with Gasteiger partial charge in [-0.3, -0.25) is 0 Å². The molecule has 2 atom stereocenters. The number of halogens is 3. The van der Waals surface area contributed by atoms with E-state index < -0.39 is 5.79 Å². The highest BCUT2D eigenvalue weighted by Crippen LogP contribution is 2.41. The molecule has 0 saturated carbocycles. The molecule has 2 unspecified atom stereocenters. The van der Waals surface area contributed by atoms with E-state index >= 15 is 0 Å². The van der Waals surface area contributed by atoms with Gasteiger partial charge < -0.3 is 9.47 Å². The van der Waals surface area contributed by atoms with Gasteiger partial charge in [-0.05, 0) is 36.4 Å². The van der Waals surface area contributed by atoms with Gasteiger partial charge in [0, 0.05) is 25.7 Å². The fraction of sp³-hybridized carbons (Fsp3) is 0.263. The Morgan fingerprint density at radius 1 is 1.21 bits per heavy atom. The minimum atomic E-state index is -1.04. The van der Waals surface area contributed by atoms with Crippen molar-refractivity contribution in [2.75, 3.05) is 12.4 Å². The van der Waals surface area contributed by atoms with Crippen LogP contribution in [0.3, 0.4) is 0 Å². The van der Waals surface area contributed by atoms with Gasteiger partial charge in [-0.2, -0.15) is 5.10 Å². The lowest BCUT2D eigenvalue weighted by Gasteiger charge is -2.29. The summed E-state index contributed by atoms with van der Waals surface area (Å²) in [7, 11) is 0. The summed E-state index contributed by atoms with van der Waals surface area (Å²) in [5.74, 6) is -0.285. The first-order valence-electron chi connectivity index (χ1n) is 8.52. The highest BCUT2D eigenvalue weighted by atomic mass is 79.9. The largest absolute Gasteiger partial charge is 0.342 e. The second kappa shape index (κ2) is 8.73. The standard InChI is InChI=1S/C19H16BrCl2N3O2S/c20-13-1-4-16(5-2-13)28-9-15-8-26-19(27-15,10-25-12-23-11-24-25)17-6-3-14(21)7-18(17)22/h1-7,11-12,15H,8-10H2. The second-order valence-electron chi connectivity index (χ2n) is 6.29. The summed E-state index contributed by atoms with van der Waals surface area (Å²) in [6.07, 6.45) is 3.01. The number of thioether (sulfide) groups is 1. The summed E-state index contributed by atoms with van der Waals surface area (Å²) in [6, 6.07) is 13.5. The predicted octanol–water partition coefficient (Wildman–Crippen LogP) is 5.41. The van der Waals surface area contributed by atoms with Crippen LogP contribution in [-0.2, 0) is 21.8 Å². The molecule has 2 heterocycles. The Morgan fingerprint density at radius 2 is 2.04 bits per heavy atom. The van der Waals surface area contributed by atoms with E-state index in [1.807, 2.05) is 18.2 Å². The van der Waals surface area contributed by atoms with Gasteiger partial charge in [0.2, 0.25) is 5.79 Å². The van der Waals surface area contributed by atoms with Gasteiger partial charge >= 0.3 is 0 Å². The highest BCUT2D eigenvalue weighted by molar-refractivity contribution is 9.10. The third-order valence-corrected chi connectivity index (χ3v) is 6.51. The van der Waals surface area contributed by atoms with Crippen LogP contribution in [0.15, 0.2) is 64.5 Å². The summed E-state index contributed by atoms with van der Waals surface area (Å²) in [5.41, 5.74) is 0.727. The fourth-order valence-corrected chi connectivity index (χ4v) is 4.69. The Bertz CT molecular complexity index is 943. The minimum Gasteiger partial charge on any atom is -0.342 e. The summed E-state index contributed by atoms with van der Waals surface area (Å²) in [5, 5.41) is 5.25. The number of aromatic nitrogens is 3. The van der Waals surface area contributed by atoms with Crippen molar-refractivity contribution < 1.29 is 9.47 Å². The summed E-state index contributed by atoms with van der Waals surface area (Å²) >= 11 is 17.7. The van der Waals surface area contributed by atoms with Crippen LogP contribution in [0.4, 0.5) is 0 Å². The number of benzene rings is 2. The van der Waals surface area contributed by atoms with E-state index in [0.29, 0.717) is 23.2 Å². The molecule has 1 saturated heterocycles. The normalized spacial score (nSPS) is 21.9. The summed E-state index contributed by atoms with van der Waals surface area (Å²) in [4.78, 5) is 5.18. The molecule has 1 aliphatic heterocycles. The highest BCUT2D eigenvalue weighted by Gasteiger charge is 2.45. The molecule has 1 fully saturated rings. The number of nitrogens with zero attached hydrogens (tertiary/aromatic N) is 3. The number of ether oxygens (including phenoxy) is 2. The number of rotatable bonds is 6. The molecule has 0 aliphatic carbocycles. The van der Waals surface area contributed by atoms with Gasteiger partial charge in [0.1, 0.15) is 19.2 Å². The first-order valence-corrected chi connectivity index (χ1v) is 11.1. The Morgan fingerprint density at radius 3 is 2.75 bits per heavy atom. The molecule has 0 N–H and O–H groups in total. The van der Waals surface area contributed by atoms with Crippen LogP contribution in [0.1, 0.15) is 5.56 Å². The van der Waals surface area contributed by atoms with Crippen LogP contribution in [0.2, 0.25) is 10.0 Å². The average molecular weight is 501 g/mol. The molecule has 0 spiro atoms. The van der Waals surface area contributed by atoms with E-state index in [2.05, 4.69) is 38.1 Å². The Labute approximate surface area is 185 Å². The molecule has 0 radical (unpaired) electrons. The topological polar surface area (TPSA) is 49.2 Å². The van der Waals surface area contributed by atoms with Gasteiger partial charge in [-0.25, -0.2) is 9.67 Å². The predicted molar refractivity (Wildman–Crippen MR) is 114 cm³/mol. The summed E-state index contributed by atoms with van der Waals surface area (Å²) < 4.78 is 15.3. The molecule has 1 aromatic heterocycles. The van der Waals surface area contributed by atoms with Gasteiger partial charge in [0.25, 0.3) is 0 Å².